The lowest BCUT2D eigenvalue weighted by Gasteiger charge is -2.23. The Hall–Kier alpha value is -1.39. The number of nitrogens with zero attached hydrogens (tertiary/aromatic N) is 3. The van der Waals surface area contributed by atoms with Crippen molar-refractivity contribution in [3.05, 3.63) is 42.0 Å². The normalized spacial score (nSPS) is 11.8. The Bertz CT molecular complexity index is 522. The molecule has 0 aliphatic heterocycles. The number of hydrogen-bond acceptors (Lipinski definition) is 3. The van der Waals surface area contributed by atoms with E-state index < -0.39 is 5.60 Å². The molecule has 18 heavy (non-hydrogen) atoms. The van der Waals surface area contributed by atoms with Gasteiger partial charge in [0.1, 0.15) is 5.60 Å². The number of methoxy groups -OCH3 is 1. The number of benzene rings is 1. The highest BCUT2D eigenvalue weighted by atomic mass is 35.5. The Morgan fingerprint density at radius 1 is 1.22 bits per heavy atom. The van der Waals surface area contributed by atoms with Gasteiger partial charge in [-0.25, -0.2) is 0 Å². The fourth-order valence-electron chi connectivity index (χ4n) is 1.73. The van der Waals surface area contributed by atoms with Crippen LogP contribution in [0.4, 0.5) is 0 Å². The highest BCUT2D eigenvalue weighted by molar-refractivity contribution is 6.16. The first-order valence-electron chi connectivity index (χ1n) is 5.71. The van der Waals surface area contributed by atoms with Crippen LogP contribution >= 0.6 is 11.6 Å². The molecule has 0 aliphatic rings. The molecule has 0 amide bonds. The first-order valence-corrected chi connectivity index (χ1v) is 6.25. The third kappa shape index (κ3) is 2.26. The summed E-state index contributed by atoms with van der Waals surface area (Å²) in [5.41, 5.74) is 0.464. The lowest BCUT2D eigenvalue weighted by atomic mass is 10.1. The van der Waals surface area contributed by atoms with Crippen molar-refractivity contribution in [2.24, 2.45) is 0 Å². The second-order valence-electron chi connectivity index (χ2n) is 4.46. The predicted octanol–water partition coefficient (Wildman–Crippen LogP) is 2.89. The largest absolute Gasteiger partial charge is 0.371 e. The van der Waals surface area contributed by atoms with Crippen LogP contribution in [0.3, 0.4) is 0 Å². The average molecular weight is 266 g/mol. The van der Waals surface area contributed by atoms with Gasteiger partial charge in [-0.2, -0.15) is 0 Å². The van der Waals surface area contributed by atoms with E-state index in [2.05, 4.69) is 10.2 Å². The zero-order chi connectivity index (χ0) is 13.2. The summed E-state index contributed by atoms with van der Waals surface area (Å²) < 4.78 is 7.42. The van der Waals surface area contributed by atoms with Crippen LogP contribution in [0.15, 0.2) is 30.3 Å². The first kappa shape index (κ1) is 13.1. The van der Waals surface area contributed by atoms with E-state index in [-0.39, 0.29) is 0 Å². The van der Waals surface area contributed by atoms with E-state index in [1.165, 1.54) is 0 Å². The minimum atomic E-state index is -0.521. The van der Waals surface area contributed by atoms with Gasteiger partial charge in [0.2, 0.25) is 0 Å². The average Bonchev–Trinajstić information content (AvgIpc) is 2.84. The molecule has 0 aliphatic carbocycles. The Morgan fingerprint density at radius 2 is 1.89 bits per heavy atom. The van der Waals surface area contributed by atoms with E-state index in [0.717, 1.165) is 11.5 Å². The number of halogens is 1. The standard InChI is InChI=1S/C13H16ClN3O/c1-13(2,18-3)12-16-15-11(9-14)17(12)10-7-5-4-6-8-10/h4-8H,9H2,1-3H3. The maximum absolute atomic E-state index is 5.92. The Morgan fingerprint density at radius 3 is 2.44 bits per heavy atom. The number of hydrogen-bond donors (Lipinski definition) is 0. The summed E-state index contributed by atoms with van der Waals surface area (Å²) in [7, 11) is 1.66. The van der Waals surface area contributed by atoms with Crippen LogP contribution in [0.5, 0.6) is 0 Å². The molecule has 0 saturated carbocycles. The van der Waals surface area contributed by atoms with Gasteiger partial charge in [0.05, 0.1) is 5.88 Å². The molecule has 0 saturated heterocycles. The summed E-state index contributed by atoms with van der Waals surface area (Å²) in [5, 5.41) is 8.34. The molecular weight excluding hydrogens is 250 g/mol. The third-order valence-electron chi connectivity index (χ3n) is 2.91. The van der Waals surface area contributed by atoms with Crippen LogP contribution in [-0.4, -0.2) is 21.9 Å². The van der Waals surface area contributed by atoms with Crippen LogP contribution in [0.1, 0.15) is 25.5 Å². The number of alkyl halides is 1. The van der Waals surface area contributed by atoms with Crippen molar-refractivity contribution in [3.63, 3.8) is 0 Å². The number of rotatable bonds is 4. The van der Waals surface area contributed by atoms with E-state index in [1.807, 2.05) is 48.7 Å². The number of ether oxygens (including phenoxy) is 1. The maximum Gasteiger partial charge on any atom is 0.169 e. The molecule has 1 heterocycles. The van der Waals surface area contributed by atoms with Gasteiger partial charge in [-0.15, -0.1) is 21.8 Å². The summed E-state index contributed by atoms with van der Waals surface area (Å²) >= 11 is 5.92. The predicted molar refractivity (Wildman–Crippen MR) is 71.0 cm³/mol. The topological polar surface area (TPSA) is 39.9 Å². The van der Waals surface area contributed by atoms with Crippen LogP contribution in [0, 0.1) is 0 Å². The summed E-state index contributed by atoms with van der Waals surface area (Å²) in [6, 6.07) is 9.90. The quantitative estimate of drug-likeness (QED) is 0.798. The van der Waals surface area contributed by atoms with E-state index in [9.17, 15) is 0 Å². The van der Waals surface area contributed by atoms with E-state index in [4.69, 9.17) is 16.3 Å². The van der Waals surface area contributed by atoms with Crippen LogP contribution in [0.25, 0.3) is 5.69 Å². The molecule has 1 aromatic heterocycles. The molecule has 4 nitrogen and oxygen atoms in total. The van der Waals surface area contributed by atoms with Gasteiger partial charge in [0, 0.05) is 12.8 Å². The molecule has 96 valence electrons. The van der Waals surface area contributed by atoms with Crippen molar-refractivity contribution in [1.82, 2.24) is 14.8 Å². The molecule has 2 rings (SSSR count). The Kier molecular flexibility index (Phi) is 3.68. The molecule has 0 fully saturated rings. The van der Waals surface area contributed by atoms with Crippen LogP contribution in [0.2, 0.25) is 0 Å². The summed E-state index contributed by atoms with van der Waals surface area (Å²) in [5.74, 6) is 1.76. The van der Waals surface area contributed by atoms with Crippen molar-refractivity contribution in [3.8, 4) is 5.69 Å². The fraction of sp³-hybridized carbons (Fsp3) is 0.385. The van der Waals surface area contributed by atoms with Crippen molar-refractivity contribution in [2.45, 2.75) is 25.3 Å². The summed E-state index contributed by atoms with van der Waals surface area (Å²) in [4.78, 5) is 0. The maximum atomic E-state index is 5.92. The van der Waals surface area contributed by atoms with Gasteiger partial charge in [-0.3, -0.25) is 4.57 Å². The van der Waals surface area contributed by atoms with E-state index in [1.54, 1.807) is 7.11 Å². The zero-order valence-electron chi connectivity index (χ0n) is 10.7. The minimum absolute atomic E-state index is 0.307. The van der Waals surface area contributed by atoms with Gasteiger partial charge in [-0.05, 0) is 26.0 Å². The van der Waals surface area contributed by atoms with Gasteiger partial charge in [-0.1, -0.05) is 18.2 Å². The fourth-order valence-corrected chi connectivity index (χ4v) is 1.91. The van der Waals surface area contributed by atoms with Crippen LogP contribution in [-0.2, 0) is 16.2 Å². The Balaban J connectivity index is 2.61. The molecule has 0 spiro atoms. The molecule has 0 bridgehead atoms. The Labute approximate surface area is 112 Å². The molecular formula is C13H16ClN3O. The lowest BCUT2D eigenvalue weighted by molar-refractivity contribution is 0.00991. The summed E-state index contributed by atoms with van der Waals surface area (Å²) in [6.45, 7) is 3.91. The van der Waals surface area contributed by atoms with Crippen molar-refractivity contribution < 1.29 is 4.74 Å². The second-order valence-corrected chi connectivity index (χ2v) is 4.73. The highest BCUT2D eigenvalue weighted by Gasteiger charge is 2.28. The highest BCUT2D eigenvalue weighted by Crippen LogP contribution is 2.26. The van der Waals surface area contributed by atoms with Crippen molar-refractivity contribution >= 4 is 11.6 Å². The monoisotopic (exact) mass is 265 g/mol. The molecule has 5 heteroatoms. The molecule has 0 radical (unpaired) electrons. The molecule has 0 N–H and O–H groups in total. The molecule has 2 aromatic rings. The minimum Gasteiger partial charge on any atom is -0.371 e. The molecule has 1 aromatic carbocycles. The van der Waals surface area contributed by atoms with Gasteiger partial charge >= 0.3 is 0 Å². The number of aromatic nitrogens is 3. The molecule has 0 unspecified atom stereocenters. The van der Waals surface area contributed by atoms with E-state index in [0.29, 0.717) is 11.7 Å². The van der Waals surface area contributed by atoms with Crippen molar-refractivity contribution in [2.75, 3.05) is 7.11 Å². The molecule has 0 atom stereocenters. The SMILES string of the molecule is COC(C)(C)c1nnc(CCl)n1-c1ccccc1. The third-order valence-corrected chi connectivity index (χ3v) is 3.15. The van der Waals surface area contributed by atoms with Crippen LogP contribution < -0.4 is 0 Å². The van der Waals surface area contributed by atoms with Gasteiger partial charge in [0.25, 0.3) is 0 Å². The smallest absolute Gasteiger partial charge is 0.169 e. The second kappa shape index (κ2) is 5.08. The van der Waals surface area contributed by atoms with E-state index >= 15 is 0 Å². The van der Waals surface area contributed by atoms with Gasteiger partial charge < -0.3 is 4.74 Å². The zero-order valence-corrected chi connectivity index (χ0v) is 11.5. The lowest BCUT2D eigenvalue weighted by Crippen LogP contribution is -2.25. The number of para-hydroxylation sites is 1. The first-order chi connectivity index (χ1) is 8.60. The van der Waals surface area contributed by atoms with Crippen molar-refractivity contribution in [1.29, 1.82) is 0 Å². The van der Waals surface area contributed by atoms with Gasteiger partial charge in [0.15, 0.2) is 11.6 Å². The summed E-state index contributed by atoms with van der Waals surface area (Å²) in [6.07, 6.45) is 0.